The van der Waals surface area contributed by atoms with Gasteiger partial charge in [0.15, 0.2) is 0 Å². The number of rotatable bonds is 5. The van der Waals surface area contributed by atoms with Crippen molar-refractivity contribution in [1.29, 1.82) is 0 Å². The van der Waals surface area contributed by atoms with Crippen molar-refractivity contribution in [2.24, 2.45) is 5.41 Å². The predicted octanol–water partition coefficient (Wildman–Crippen LogP) is 4.81. The van der Waals surface area contributed by atoms with Crippen molar-refractivity contribution in [2.45, 2.75) is 50.7 Å². The number of nitrogens with one attached hydrogen (secondary N) is 1. The number of carbonyl (C=O) groups excluding carboxylic acids is 1. The molecule has 5 heteroatoms. The molecule has 24 heavy (non-hydrogen) atoms. The van der Waals surface area contributed by atoms with Gasteiger partial charge in [0.25, 0.3) is 0 Å². The Hall–Kier alpha value is -1.62. The number of esters is 1. The van der Waals surface area contributed by atoms with Crippen molar-refractivity contribution in [3.05, 3.63) is 23.9 Å². The first-order valence-corrected chi connectivity index (χ1v) is 8.85. The smallest absolute Gasteiger partial charge is 0.311 e. The van der Waals surface area contributed by atoms with E-state index in [1.54, 1.807) is 18.9 Å². The molecule has 0 saturated carbocycles. The second kappa shape index (κ2) is 6.71. The molecule has 0 atom stereocenters. The average molecular weight is 349 g/mol. The number of benzene rings is 1. The van der Waals surface area contributed by atoms with Crippen LogP contribution in [0.25, 0.3) is 10.9 Å². The Morgan fingerprint density at radius 1 is 1.17 bits per heavy atom. The third-order valence-electron chi connectivity index (χ3n) is 3.80. The Kier molecular flexibility index (Phi) is 5.23. The molecule has 1 N–H and O–H groups in total. The van der Waals surface area contributed by atoms with Crippen molar-refractivity contribution in [1.82, 2.24) is 4.98 Å². The Morgan fingerprint density at radius 2 is 1.83 bits per heavy atom. The van der Waals surface area contributed by atoms with E-state index in [9.17, 15) is 4.79 Å². The maximum absolute atomic E-state index is 12.1. The number of thioether (sulfide) groups is 1. The summed E-state index contributed by atoms with van der Waals surface area (Å²) in [6.45, 7) is 10.4. The molecule has 1 aromatic carbocycles. The minimum atomic E-state index is -0.590. The van der Waals surface area contributed by atoms with E-state index in [0.29, 0.717) is 6.42 Å². The van der Waals surface area contributed by atoms with E-state index in [-0.39, 0.29) is 10.7 Å². The second-order valence-corrected chi connectivity index (χ2v) is 9.45. The number of hydrogen-bond acceptors (Lipinski definition) is 4. The number of carbonyl (C=O) groups is 1. The van der Waals surface area contributed by atoms with Crippen LogP contribution >= 0.6 is 11.8 Å². The summed E-state index contributed by atoms with van der Waals surface area (Å²) in [7, 11) is 3.11. The minimum Gasteiger partial charge on any atom is -0.497 e. The summed E-state index contributed by atoms with van der Waals surface area (Å²) in [4.78, 5) is 16.8. The zero-order valence-electron chi connectivity index (χ0n) is 15.6. The fourth-order valence-corrected chi connectivity index (χ4v) is 3.80. The second-order valence-electron chi connectivity index (χ2n) is 7.61. The molecular formula is C19H27NO3S. The van der Waals surface area contributed by atoms with Gasteiger partial charge in [-0.3, -0.25) is 4.79 Å². The lowest BCUT2D eigenvalue weighted by Gasteiger charge is -2.23. The highest BCUT2D eigenvalue weighted by atomic mass is 32.2. The van der Waals surface area contributed by atoms with Crippen LogP contribution < -0.4 is 4.74 Å². The van der Waals surface area contributed by atoms with Crippen LogP contribution in [0.15, 0.2) is 23.1 Å². The molecular weight excluding hydrogens is 322 g/mol. The molecule has 0 aliphatic heterocycles. The largest absolute Gasteiger partial charge is 0.497 e. The Bertz CT molecular complexity index is 741. The molecule has 0 amide bonds. The zero-order valence-corrected chi connectivity index (χ0v) is 16.4. The molecule has 2 rings (SSSR count). The van der Waals surface area contributed by atoms with E-state index < -0.39 is 5.41 Å². The molecule has 1 heterocycles. The molecule has 132 valence electrons. The fourth-order valence-electron chi connectivity index (χ4n) is 2.67. The molecule has 0 unspecified atom stereocenters. The first-order chi connectivity index (χ1) is 11.1. The normalized spacial score (nSPS) is 12.5. The van der Waals surface area contributed by atoms with E-state index in [4.69, 9.17) is 9.47 Å². The number of methoxy groups -OCH3 is 2. The number of aromatic nitrogens is 1. The van der Waals surface area contributed by atoms with E-state index in [1.165, 1.54) is 12.0 Å². The lowest BCUT2D eigenvalue weighted by Crippen LogP contribution is -2.28. The first kappa shape index (κ1) is 18.7. The molecule has 0 fully saturated rings. The summed E-state index contributed by atoms with van der Waals surface area (Å²) in [6.07, 6.45) is 0.592. The van der Waals surface area contributed by atoms with Gasteiger partial charge in [-0.05, 0) is 32.0 Å². The number of hydrogen-bond donors (Lipinski definition) is 1. The molecule has 0 spiro atoms. The SMILES string of the molecule is COC(=O)C(C)(C)Cc1[nH]c2ccc(OC)cc2c1SC(C)(C)C. The molecule has 1 aromatic heterocycles. The molecule has 2 aromatic rings. The van der Waals surface area contributed by atoms with Gasteiger partial charge in [0.1, 0.15) is 5.75 Å². The highest BCUT2D eigenvalue weighted by Gasteiger charge is 2.32. The number of aromatic amines is 1. The maximum atomic E-state index is 12.1. The molecule has 0 saturated heterocycles. The summed E-state index contributed by atoms with van der Waals surface area (Å²) in [5.74, 6) is 0.626. The predicted molar refractivity (Wildman–Crippen MR) is 100.0 cm³/mol. The fraction of sp³-hybridized carbons (Fsp3) is 0.526. The monoisotopic (exact) mass is 349 g/mol. The van der Waals surface area contributed by atoms with Crippen molar-refractivity contribution < 1.29 is 14.3 Å². The van der Waals surface area contributed by atoms with Gasteiger partial charge in [-0.15, -0.1) is 11.8 Å². The molecule has 0 aliphatic rings. The minimum absolute atomic E-state index is 0.0579. The highest BCUT2D eigenvalue weighted by molar-refractivity contribution is 8.00. The van der Waals surface area contributed by atoms with Crippen LogP contribution in [0.1, 0.15) is 40.3 Å². The van der Waals surface area contributed by atoms with Gasteiger partial charge in [0.2, 0.25) is 0 Å². The summed E-state index contributed by atoms with van der Waals surface area (Å²) in [5.41, 5.74) is 1.53. The van der Waals surface area contributed by atoms with Crippen LogP contribution in [0, 0.1) is 5.41 Å². The van der Waals surface area contributed by atoms with Crippen LogP contribution in [0.5, 0.6) is 5.75 Å². The molecule has 0 bridgehead atoms. The van der Waals surface area contributed by atoms with Crippen molar-refractivity contribution in [3.8, 4) is 5.75 Å². The van der Waals surface area contributed by atoms with Gasteiger partial charge >= 0.3 is 5.97 Å². The Labute approximate surface area is 148 Å². The summed E-state index contributed by atoms with van der Waals surface area (Å²) in [5, 5.41) is 1.13. The number of H-pyrrole nitrogens is 1. The van der Waals surface area contributed by atoms with E-state index in [0.717, 1.165) is 22.3 Å². The molecule has 0 radical (unpaired) electrons. The van der Waals surface area contributed by atoms with Gasteiger partial charge in [-0.2, -0.15) is 0 Å². The van der Waals surface area contributed by atoms with Crippen molar-refractivity contribution in [2.75, 3.05) is 14.2 Å². The average Bonchev–Trinajstić information content (AvgIpc) is 2.80. The lowest BCUT2D eigenvalue weighted by atomic mass is 9.88. The van der Waals surface area contributed by atoms with Crippen molar-refractivity contribution in [3.63, 3.8) is 0 Å². The third-order valence-corrected chi connectivity index (χ3v) is 5.08. The maximum Gasteiger partial charge on any atom is 0.311 e. The topological polar surface area (TPSA) is 51.3 Å². The zero-order chi connectivity index (χ0) is 18.1. The summed E-state index contributed by atoms with van der Waals surface area (Å²) in [6, 6.07) is 6.02. The van der Waals surface area contributed by atoms with Gasteiger partial charge in [-0.25, -0.2) is 0 Å². The van der Waals surface area contributed by atoms with E-state index >= 15 is 0 Å². The number of ether oxygens (including phenoxy) is 2. The van der Waals surface area contributed by atoms with Gasteiger partial charge in [0, 0.05) is 32.7 Å². The molecule has 4 nitrogen and oxygen atoms in total. The number of fused-ring (bicyclic) bond motifs is 1. The van der Waals surface area contributed by atoms with Crippen LogP contribution in [-0.4, -0.2) is 29.9 Å². The van der Waals surface area contributed by atoms with Gasteiger partial charge in [-0.1, -0.05) is 20.8 Å². The summed E-state index contributed by atoms with van der Waals surface area (Å²) < 4.78 is 10.4. The highest BCUT2D eigenvalue weighted by Crippen LogP contribution is 2.42. The van der Waals surface area contributed by atoms with Crippen molar-refractivity contribution >= 4 is 28.6 Å². The van der Waals surface area contributed by atoms with Crippen LogP contribution in [0.2, 0.25) is 0 Å². The third kappa shape index (κ3) is 4.07. The Morgan fingerprint density at radius 3 is 2.38 bits per heavy atom. The standard InChI is InChI=1S/C19H27NO3S/c1-18(2,3)24-16-13-10-12(22-6)8-9-14(13)20-15(16)11-19(4,5)17(21)23-7/h8-10,20H,11H2,1-7H3. The first-order valence-electron chi connectivity index (χ1n) is 8.03. The summed E-state index contributed by atoms with van der Waals surface area (Å²) >= 11 is 1.80. The molecule has 0 aliphatic carbocycles. The van der Waals surface area contributed by atoms with Crippen LogP contribution in [0.4, 0.5) is 0 Å². The lowest BCUT2D eigenvalue weighted by molar-refractivity contribution is -0.150. The van der Waals surface area contributed by atoms with Crippen LogP contribution in [0.3, 0.4) is 0 Å². The Balaban J connectivity index is 2.55. The van der Waals surface area contributed by atoms with Gasteiger partial charge in [0.05, 0.1) is 19.6 Å². The van der Waals surface area contributed by atoms with E-state index in [2.05, 4.69) is 31.8 Å². The van der Waals surface area contributed by atoms with Crippen LogP contribution in [-0.2, 0) is 16.0 Å². The van der Waals surface area contributed by atoms with E-state index in [1.807, 2.05) is 26.0 Å². The quantitative estimate of drug-likeness (QED) is 0.622. The van der Waals surface area contributed by atoms with Gasteiger partial charge < -0.3 is 14.5 Å².